The van der Waals surface area contributed by atoms with Gasteiger partial charge in [-0.15, -0.1) is 0 Å². The number of carbonyl (C=O) groups is 1. The molecule has 0 spiro atoms. The maximum absolute atomic E-state index is 13.9. The van der Waals surface area contributed by atoms with Crippen LogP contribution in [0.4, 0.5) is 4.39 Å². The number of hydrogen-bond donors (Lipinski definition) is 1. The lowest BCUT2D eigenvalue weighted by atomic mass is 9.78. The van der Waals surface area contributed by atoms with E-state index in [1.807, 2.05) is 6.92 Å². The molecule has 0 radical (unpaired) electrons. The molecule has 116 valence electrons. The fraction of sp³-hybridized carbons (Fsp3) is 0.588. The van der Waals surface area contributed by atoms with Crippen molar-refractivity contribution in [2.24, 2.45) is 17.6 Å². The van der Waals surface area contributed by atoms with Gasteiger partial charge in [0.1, 0.15) is 5.82 Å². The first-order valence-corrected chi connectivity index (χ1v) is 7.77. The van der Waals surface area contributed by atoms with Crippen LogP contribution in [-0.2, 0) is 4.79 Å². The van der Waals surface area contributed by atoms with Crippen molar-refractivity contribution in [2.75, 3.05) is 13.6 Å². The third kappa shape index (κ3) is 3.43. The summed E-state index contributed by atoms with van der Waals surface area (Å²) in [6.07, 6.45) is 4.15. The van der Waals surface area contributed by atoms with Crippen molar-refractivity contribution in [3.63, 3.8) is 0 Å². The number of nitrogens with two attached hydrogens (primary N) is 1. The minimum atomic E-state index is -0.265. The first-order valence-electron chi connectivity index (χ1n) is 7.77. The standard InChI is InChI=1S/C17H25FN2O/c1-12(14-8-5-6-10-16(14)18)20(2)17(21)15-9-4-3-7-13(15)11-19/h5-6,8,10,12-13,15H,3-4,7,9,11,19H2,1-2H3. The Labute approximate surface area is 126 Å². The quantitative estimate of drug-likeness (QED) is 0.927. The summed E-state index contributed by atoms with van der Waals surface area (Å²) >= 11 is 0. The molecule has 1 aromatic rings. The molecule has 0 saturated heterocycles. The summed E-state index contributed by atoms with van der Waals surface area (Å²) in [4.78, 5) is 14.4. The number of amides is 1. The monoisotopic (exact) mass is 292 g/mol. The van der Waals surface area contributed by atoms with Crippen LogP contribution in [0.25, 0.3) is 0 Å². The van der Waals surface area contributed by atoms with Gasteiger partial charge in [0.05, 0.1) is 6.04 Å². The molecule has 1 aliphatic rings. The highest BCUT2D eigenvalue weighted by Gasteiger charge is 2.33. The summed E-state index contributed by atoms with van der Waals surface area (Å²) in [7, 11) is 1.77. The van der Waals surface area contributed by atoms with E-state index in [0.29, 0.717) is 12.1 Å². The highest BCUT2D eigenvalue weighted by molar-refractivity contribution is 5.79. The molecule has 3 unspecified atom stereocenters. The Morgan fingerprint density at radius 3 is 2.71 bits per heavy atom. The van der Waals surface area contributed by atoms with Gasteiger partial charge in [-0.1, -0.05) is 31.0 Å². The molecule has 0 heterocycles. The predicted octanol–water partition coefficient (Wildman–Crippen LogP) is 3.11. The van der Waals surface area contributed by atoms with E-state index in [1.54, 1.807) is 30.1 Å². The zero-order chi connectivity index (χ0) is 15.4. The van der Waals surface area contributed by atoms with Gasteiger partial charge < -0.3 is 10.6 Å². The molecule has 0 aromatic heterocycles. The van der Waals surface area contributed by atoms with Gasteiger partial charge in [-0.3, -0.25) is 4.79 Å². The Hall–Kier alpha value is -1.42. The Kier molecular flexibility index (Phi) is 5.34. The lowest BCUT2D eigenvalue weighted by Gasteiger charge is -2.35. The SMILES string of the molecule is CC(c1ccccc1F)N(C)C(=O)C1CCCCC1CN. The number of nitrogens with zero attached hydrogens (tertiary/aromatic N) is 1. The average molecular weight is 292 g/mol. The van der Waals surface area contributed by atoms with Crippen molar-refractivity contribution < 1.29 is 9.18 Å². The van der Waals surface area contributed by atoms with Gasteiger partial charge in [-0.05, 0) is 38.3 Å². The number of carbonyl (C=O) groups excluding carboxylic acids is 1. The van der Waals surface area contributed by atoms with Crippen molar-refractivity contribution in [1.29, 1.82) is 0 Å². The third-order valence-corrected chi connectivity index (χ3v) is 4.81. The van der Waals surface area contributed by atoms with Crippen molar-refractivity contribution >= 4 is 5.91 Å². The van der Waals surface area contributed by atoms with E-state index < -0.39 is 0 Å². The molecule has 1 fully saturated rings. The van der Waals surface area contributed by atoms with Crippen LogP contribution in [0.2, 0.25) is 0 Å². The van der Waals surface area contributed by atoms with Gasteiger partial charge in [0, 0.05) is 18.5 Å². The summed E-state index contributed by atoms with van der Waals surface area (Å²) < 4.78 is 13.9. The second-order valence-corrected chi connectivity index (χ2v) is 6.03. The largest absolute Gasteiger partial charge is 0.339 e. The van der Waals surface area contributed by atoms with E-state index in [0.717, 1.165) is 25.7 Å². The van der Waals surface area contributed by atoms with Crippen LogP contribution in [0, 0.1) is 17.7 Å². The van der Waals surface area contributed by atoms with Crippen LogP contribution in [0.5, 0.6) is 0 Å². The molecule has 4 heteroatoms. The molecule has 1 aliphatic carbocycles. The van der Waals surface area contributed by atoms with Crippen molar-refractivity contribution in [3.8, 4) is 0 Å². The molecule has 3 atom stereocenters. The third-order valence-electron chi connectivity index (χ3n) is 4.81. The average Bonchev–Trinajstić information content (AvgIpc) is 2.53. The Balaban J connectivity index is 2.13. The molecule has 1 saturated carbocycles. The van der Waals surface area contributed by atoms with Gasteiger partial charge in [-0.25, -0.2) is 4.39 Å². The lowest BCUT2D eigenvalue weighted by molar-refractivity contribution is -0.139. The van der Waals surface area contributed by atoms with Gasteiger partial charge in [-0.2, -0.15) is 0 Å². The summed E-state index contributed by atoms with van der Waals surface area (Å²) in [5.74, 6) is 0.0917. The highest BCUT2D eigenvalue weighted by Crippen LogP contribution is 2.32. The number of hydrogen-bond acceptors (Lipinski definition) is 2. The van der Waals surface area contributed by atoms with E-state index in [4.69, 9.17) is 5.73 Å². The first-order chi connectivity index (χ1) is 10.1. The molecule has 2 rings (SSSR count). The van der Waals surface area contributed by atoms with Crippen LogP contribution >= 0.6 is 0 Å². The van der Waals surface area contributed by atoms with Crippen molar-refractivity contribution in [3.05, 3.63) is 35.6 Å². The van der Waals surface area contributed by atoms with E-state index in [-0.39, 0.29) is 29.6 Å². The van der Waals surface area contributed by atoms with Crippen LogP contribution in [0.15, 0.2) is 24.3 Å². The Morgan fingerprint density at radius 1 is 1.38 bits per heavy atom. The molecule has 1 aromatic carbocycles. The van der Waals surface area contributed by atoms with Gasteiger partial charge >= 0.3 is 0 Å². The molecule has 21 heavy (non-hydrogen) atoms. The van der Waals surface area contributed by atoms with E-state index in [1.165, 1.54) is 6.07 Å². The zero-order valence-electron chi connectivity index (χ0n) is 12.9. The van der Waals surface area contributed by atoms with Crippen LogP contribution < -0.4 is 5.73 Å². The Bertz CT molecular complexity index is 491. The van der Waals surface area contributed by atoms with E-state index in [2.05, 4.69) is 0 Å². The number of benzene rings is 1. The molecule has 3 nitrogen and oxygen atoms in total. The minimum Gasteiger partial charge on any atom is -0.339 e. The smallest absolute Gasteiger partial charge is 0.226 e. The predicted molar refractivity (Wildman–Crippen MR) is 82.1 cm³/mol. The van der Waals surface area contributed by atoms with Crippen molar-refractivity contribution in [2.45, 2.75) is 38.6 Å². The molecule has 0 aliphatic heterocycles. The minimum absolute atomic E-state index is 0.0111. The van der Waals surface area contributed by atoms with Crippen LogP contribution in [0.1, 0.15) is 44.2 Å². The van der Waals surface area contributed by atoms with Crippen LogP contribution in [0.3, 0.4) is 0 Å². The van der Waals surface area contributed by atoms with Crippen LogP contribution in [-0.4, -0.2) is 24.4 Å². The van der Waals surface area contributed by atoms with E-state index >= 15 is 0 Å². The molecule has 0 bridgehead atoms. The maximum Gasteiger partial charge on any atom is 0.226 e. The Morgan fingerprint density at radius 2 is 2.05 bits per heavy atom. The van der Waals surface area contributed by atoms with E-state index in [9.17, 15) is 9.18 Å². The number of rotatable bonds is 4. The lowest BCUT2D eigenvalue weighted by Crippen LogP contribution is -2.41. The summed E-state index contributed by atoms with van der Waals surface area (Å²) in [6.45, 7) is 2.43. The maximum atomic E-state index is 13.9. The fourth-order valence-corrected chi connectivity index (χ4v) is 3.29. The second kappa shape index (κ2) is 7.03. The van der Waals surface area contributed by atoms with Crippen molar-refractivity contribution in [1.82, 2.24) is 4.90 Å². The fourth-order valence-electron chi connectivity index (χ4n) is 3.29. The molecular weight excluding hydrogens is 267 g/mol. The molecule has 1 amide bonds. The highest BCUT2D eigenvalue weighted by atomic mass is 19.1. The second-order valence-electron chi connectivity index (χ2n) is 6.03. The van der Waals surface area contributed by atoms with Gasteiger partial charge in [0.2, 0.25) is 5.91 Å². The first kappa shape index (κ1) is 16.0. The molecular formula is C17H25FN2O. The normalized spacial score (nSPS) is 23.6. The summed E-state index contributed by atoms with van der Waals surface area (Å²) in [6, 6.07) is 6.38. The zero-order valence-corrected chi connectivity index (χ0v) is 12.9. The summed E-state index contributed by atoms with van der Waals surface area (Å²) in [5.41, 5.74) is 6.38. The van der Waals surface area contributed by atoms with Gasteiger partial charge in [0.15, 0.2) is 0 Å². The molecule has 2 N–H and O–H groups in total. The van der Waals surface area contributed by atoms with Gasteiger partial charge in [0.25, 0.3) is 0 Å². The number of halogens is 1. The topological polar surface area (TPSA) is 46.3 Å². The summed E-state index contributed by atoms with van der Waals surface area (Å²) in [5, 5.41) is 0.